The number of rotatable bonds is 8. The highest BCUT2D eigenvalue weighted by atomic mass is 16.6. The standard InChI is InChI=1S/C17H29N5O3/c1-5-19-15(20-9-10-22-16(23)25-17(2,3)4)21-11-12-24-14-7-6-8-18-13-14/h6-8,13H,5,9-12H2,1-4H3,(H,22,23)(H2,19,20,21). The van der Waals surface area contributed by atoms with Gasteiger partial charge in [0.05, 0.1) is 19.3 Å². The number of guanidine groups is 1. The lowest BCUT2D eigenvalue weighted by Crippen LogP contribution is -2.40. The molecule has 0 aliphatic rings. The fourth-order valence-corrected chi connectivity index (χ4v) is 1.75. The van der Waals surface area contributed by atoms with Gasteiger partial charge in [-0.15, -0.1) is 0 Å². The number of carbonyl (C=O) groups is 1. The Labute approximate surface area is 149 Å². The van der Waals surface area contributed by atoms with Gasteiger partial charge in [0.2, 0.25) is 0 Å². The van der Waals surface area contributed by atoms with Gasteiger partial charge in [0.25, 0.3) is 0 Å². The van der Waals surface area contributed by atoms with E-state index in [1.54, 1.807) is 12.4 Å². The third kappa shape index (κ3) is 10.8. The Hall–Kier alpha value is -2.51. The van der Waals surface area contributed by atoms with Gasteiger partial charge in [-0.1, -0.05) is 0 Å². The van der Waals surface area contributed by atoms with Gasteiger partial charge >= 0.3 is 6.09 Å². The number of aromatic nitrogens is 1. The zero-order chi connectivity index (χ0) is 18.5. The van der Waals surface area contributed by atoms with Crippen LogP contribution in [0.15, 0.2) is 29.5 Å². The Bertz CT molecular complexity index is 529. The molecule has 1 aromatic rings. The molecule has 1 aromatic heterocycles. The van der Waals surface area contributed by atoms with Crippen LogP contribution in [0, 0.1) is 0 Å². The van der Waals surface area contributed by atoms with E-state index in [4.69, 9.17) is 9.47 Å². The van der Waals surface area contributed by atoms with Crippen LogP contribution in [0.25, 0.3) is 0 Å². The summed E-state index contributed by atoms with van der Waals surface area (Å²) in [4.78, 5) is 19.9. The highest BCUT2D eigenvalue weighted by molar-refractivity contribution is 5.79. The molecule has 0 aliphatic heterocycles. The van der Waals surface area contributed by atoms with Crippen molar-refractivity contribution < 1.29 is 14.3 Å². The topological polar surface area (TPSA) is 96.9 Å². The van der Waals surface area contributed by atoms with Crippen LogP contribution in [0.1, 0.15) is 27.7 Å². The molecule has 0 bridgehead atoms. The second kappa shape index (κ2) is 11.1. The molecule has 3 N–H and O–H groups in total. The number of aliphatic imine (C=N–C) groups is 1. The van der Waals surface area contributed by atoms with Crippen molar-refractivity contribution in [2.24, 2.45) is 4.99 Å². The summed E-state index contributed by atoms with van der Waals surface area (Å²) in [7, 11) is 0. The Morgan fingerprint density at radius 3 is 2.68 bits per heavy atom. The molecule has 1 amide bonds. The van der Waals surface area contributed by atoms with Gasteiger partial charge in [-0.3, -0.25) is 9.98 Å². The maximum absolute atomic E-state index is 11.5. The Balaban J connectivity index is 2.25. The number of pyridine rings is 1. The van der Waals surface area contributed by atoms with Gasteiger partial charge in [0, 0.05) is 19.3 Å². The van der Waals surface area contributed by atoms with E-state index >= 15 is 0 Å². The van der Waals surface area contributed by atoms with Crippen LogP contribution in [0.2, 0.25) is 0 Å². The molecule has 0 atom stereocenters. The van der Waals surface area contributed by atoms with E-state index in [-0.39, 0.29) is 0 Å². The molecule has 0 fully saturated rings. The van der Waals surface area contributed by atoms with E-state index in [1.165, 1.54) is 0 Å². The first-order valence-corrected chi connectivity index (χ1v) is 8.42. The van der Waals surface area contributed by atoms with Crippen molar-refractivity contribution in [1.29, 1.82) is 0 Å². The van der Waals surface area contributed by atoms with Crippen LogP contribution >= 0.6 is 0 Å². The highest BCUT2D eigenvalue weighted by Crippen LogP contribution is 2.06. The molecule has 0 radical (unpaired) electrons. The average Bonchev–Trinajstić information content (AvgIpc) is 2.54. The van der Waals surface area contributed by atoms with Gasteiger partial charge in [-0.05, 0) is 39.8 Å². The summed E-state index contributed by atoms with van der Waals surface area (Å²) in [6.45, 7) is 10.1. The van der Waals surface area contributed by atoms with Gasteiger partial charge in [0.15, 0.2) is 5.96 Å². The lowest BCUT2D eigenvalue weighted by atomic mass is 10.2. The molecular formula is C17H29N5O3. The number of alkyl carbamates (subject to hydrolysis) is 1. The summed E-state index contributed by atoms with van der Waals surface area (Å²) >= 11 is 0. The first-order chi connectivity index (χ1) is 11.9. The molecule has 8 heteroatoms. The smallest absolute Gasteiger partial charge is 0.407 e. The van der Waals surface area contributed by atoms with Crippen molar-refractivity contribution in [2.75, 3.05) is 32.8 Å². The fourth-order valence-electron chi connectivity index (χ4n) is 1.75. The van der Waals surface area contributed by atoms with Crippen LogP contribution in [0.5, 0.6) is 5.75 Å². The lowest BCUT2D eigenvalue weighted by molar-refractivity contribution is 0.0529. The Kier molecular flexibility index (Phi) is 9.13. The van der Waals surface area contributed by atoms with Crippen LogP contribution in [0.4, 0.5) is 4.79 Å². The summed E-state index contributed by atoms with van der Waals surface area (Å²) in [6, 6.07) is 3.68. The van der Waals surface area contributed by atoms with E-state index in [0.29, 0.717) is 32.2 Å². The first-order valence-electron chi connectivity index (χ1n) is 8.42. The van der Waals surface area contributed by atoms with E-state index in [1.807, 2.05) is 39.8 Å². The number of hydrogen-bond donors (Lipinski definition) is 3. The van der Waals surface area contributed by atoms with Crippen molar-refractivity contribution in [3.05, 3.63) is 24.5 Å². The number of nitrogens with one attached hydrogen (secondary N) is 3. The molecule has 8 nitrogen and oxygen atoms in total. The number of ether oxygens (including phenoxy) is 2. The monoisotopic (exact) mass is 351 g/mol. The first kappa shape index (κ1) is 20.5. The van der Waals surface area contributed by atoms with Gasteiger partial charge in [-0.2, -0.15) is 0 Å². The van der Waals surface area contributed by atoms with Crippen molar-refractivity contribution in [1.82, 2.24) is 20.9 Å². The second-order valence-electron chi connectivity index (χ2n) is 6.15. The zero-order valence-corrected chi connectivity index (χ0v) is 15.5. The third-order valence-corrected chi connectivity index (χ3v) is 2.69. The van der Waals surface area contributed by atoms with E-state index < -0.39 is 11.7 Å². The molecule has 25 heavy (non-hydrogen) atoms. The summed E-state index contributed by atoms with van der Waals surface area (Å²) in [5.41, 5.74) is -0.502. The third-order valence-electron chi connectivity index (χ3n) is 2.69. The van der Waals surface area contributed by atoms with Crippen LogP contribution in [0.3, 0.4) is 0 Å². The SMILES string of the molecule is CCNC(=NCCNC(=O)OC(C)(C)C)NCCOc1cccnc1. The molecular weight excluding hydrogens is 322 g/mol. The summed E-state index contributed by atoms with van der Waals surface area (Å²) in [5.74, 6) is 1.40. The van der Waals surface area contributed by atoms with Crippen molar-refractivity contribution in [3.63, 3.8) is 0 Å². The Morgan fingerprint density at radius 1 is 1.24 bits per heavy atom. The van der Waals surface area contributed by atoms with E-state index in [2.05, 4.69) is 25.9 Å². The maximum Gasteiger partial charge on any atom is 0.407 e. The lowest BCUT2D eigenvalue weighted by Gasteiger charge is -2.19. The van der Waals surface area contributed by atoms with E-state index in [9.17, 15) is 4.79 Å². The maximum atomic E-state index is 11.5. The summed E-state index contributed by atoms with van der Waals surface area (Å²) in [6.07, 6.45) is 2.93. The Morgan fingerprint density at radius 2 is 2.04 bits per heavy atom. The number of carbonyl (C=O) groups excluding carboxylic acids is 1. The summed E-state index contributed by atoms with van der Waals surface area (Å²) < 4.78 is 10.7. The zero-order valence-electron chi connectivity index (χ0n) is 15.5. The van der Waals surface area contributed by atoms with Gasteiger partial charge in [0.1, 0.15) is 18.0 Å². The minimum absolute atomic E-state index is 0.400. The molecule has 0 spiro atoms. The van der Waals surface area contributed by atoms with Gasteiger partial charge < -0.3 is 25.4 Å². The molecule has 0 aliphatic carbocycles. The largest absolute Gasteiger partial charge is 0.490 e. The average molecular weight is 351 g/mol. The number of amides is 1. The minimum atomic E-state index is -0.502. The fraction of sp³-hybridized carbons (Fsp3) is 0.588. The number of nitrogens with zero attached hydrogens (tertiary/aromatic N) is 2. The minimum Gasteiger partial charge on any atom is -0.490 e. The summed E-state index contributed by atoms with van der Waals surface area (Å²) in [5, 5.41) is 8.97. The van der Waals surface area contributed by atoms with Crippen molar-refractivity contribution >= 4 is 12.1 Å². The predicted octanol–water partition coefficient (Wildman–Crippen LogP) is 1.54. The van der Waals surface area contributed by atoms with Crippen molar-refractivity contribution in [3.8, 4) is 5.75 Å². The molecule has 1 heterocycles. The molecule has 0 aromatic carbocycles. The highest BCUT2D eigenvalue weighted by Gasteiger charge is 2.15. The van der Waals surface area contributed by atoms with Crippen LogP contribution < -0.4 is 20.7 Å². The predicted molar refractivity (Wildman–Crippen MR) is 98.0 cm³/mol. The second-order valence-corrected chi connectivity index (χ2v) is 6.15. The normalized spacial score (nSPS) is 11.6. The molecule has 0 saturated carbocycles. The molecule has 0 saturated heterocycles. The van der Waals surface area contributed by atoms with Crippen LogP contribution in [-0.2, 0) is 4.74 Å². The van der Waals surface area contributed by atoms with Crippen molar-refractivity contribution in [2.45, 2.75) is 33.3 Å². The molecule has 0 unspecified atom stereocenters. The number of hydrogen-bond acceptors (Lipinski definition) is 5. The molecule has 1 rings (SSSR count). The molecule has 140 valence electrons. The van der Waals surface area contributed by atoms with Crippen LogP contribution in [-0.4, -0.2) is 55.4 Å². The van der Waals surface area contributed by atoms with E-state index in [0.717, 1.165) is 12.3 Å². The van der Waals surface area contributed by atoms with Gasteiger partial charge in [-0.25, -0.2) is 4.79 Å². The quantitative estimate of drug-likeness (QED) is 0.373.